The molecule has 2 N–H and O–H groups in total. The summed E-state index contributed by atoms with van der Waals surface area (Å²) in [5.41, 5.74) is 8.22. The fourth-order valence-corrected chi connectivity index (χ4v) is 2.15. The molecule has 13 heavy (non-hydrogen) atoms. The summed E-state index contributed by atoms with van der Waals surface area (Å²) < 4.78 is 0. The molecule has 0 saturated heterocycles. The number of nitrogen functional groups attached to an aromatic ring is 1. The minimum Gasteiger partial charge on any atom is -0.398 e. The second-order valence-corrected chi connectivity index (χ2v) is 5.31. The Kier molecular flexibility index (Phi) is 2.81. The number of thiophene rings is 1. The largest absolute Gasteiger partial charge is 0.398 e. The summed E-state index contributed by atoms with van der Waals surface area (Å²) in [5.74, 6) is 0. The molecule has 0 aliphatic heterocycles. The van der Waals surface area contributed by atoms with Crippen molar-refractivity contribution in [3.63, 3.8) is 0 Å². The van der Waals surface area contributed by atoms with Gasteiger partial charge in [0.2, 0.25) is 0 Å². The van der Waals surface area contributed by atoms with E-state index in [1.54, 1.807) is 11.3 Å². The second-order valence-electron chi connectivity index (χ2n) is 4.40. The van der Waals surface area contributed by atoms with Gasteiger partial charge in [-0.15, -0.1) is 11.3 Å². The zero-order valence-corrected chi connectivity index (χ0v) is 9.53. The molecule has 1 heterocycles. The van der Waals surface area contributed by atoms with Gasteiger partial charge in [-0.3, -0.25) is 0 Å². The minimum atomic E-state index is 0.223. The van der Waals surface area contributed by atoms with Gasteiger partial charge >= 0.3 is 0 Å². The third kappa shape index (κ3) is 2.88. The third-order valence-corrected chi connectivity index (χ3v) is 2.77. The van der Waals surface area contributed by atoms with Crippen LogP contribution in [-0.4, -0.2) is 0 Å². The summed E-state index contributed by atoms with van der Waals surface area (Å²) in [6, 6.07) is 1.96. The number of hydrogen-bond donors (Lipinski definition) is 1. The average Bonchev–Trinajstić information content (AvgIpc) is 2.30. The summed E-state index contributed by atoms with van der Waals surface area (Å²) in [6.07, 6.45) is 2.26. The van der Waals surface area contributed by atoms with Crippen LogP contribution in [0.15, 0.2) is 17.5 Å². The van der Waals surface area contributed by atoms with E-state index in [1.165, 1.54) is 10.5 Å². The molecule has 0 aliphatic rings. The monoisotopic (exact) mass is 195 g/mol. The number of hydrogen-bond acceptors (Lipinski definition) is 2. The molecule has 0 spiro atoms. The Hall–Kier alpha value is -0.760. The first kappa shape index (κ1) is 10.3. The Bertz CT molecular complexity index is 315. The number of anilines is 1. The van der Waals surface area contributed by atoms with Gasteiger partial charge in [0.1, 0.15) is 0 Å². The number of allylic oxidation sites excluding steroid dienone is 2. The van der Waals surface area contributed by atoms with Gasteiger partial charge in [-0.25, -0.2) is 0 Å². The molecule has 1 aromatic heterocycles. The first-order chi connectivity index (χ1) is 5.90. The topological polar surface area (TPSA) is 26.0 Å². The highest BCUT2D eigenvalue weighted by Gasteiger charge is 2.09. The highest BCUT2D eigenvalue weighted by atomic mass is 32.1. The van der Waals surface area contributed by atoms with Crippen molar-refractivity contribution in [3.8, 4) is 0 Å². The molecule has 0 atom stereocenters. The minimum absolute atomic E-state index is 0.223. The molecule has 1 rings (SSSR count). The zero-order chi connectivity index (χ0) is 10.1. The van der Waals surface area contributed by atoms with Crippen molar-refractivity contribution in [1.29, 1.82) is 0 Å². The van der Waals surface area contributed by atoms with E-state index < -0.39 is 0 Å². The van der Waals surface area contributed by atoms with E-state index in [-0.39, 0.29) is 5.41 Å². The molecular formula is C11H17NS. The van der Waals surface area contributed by atoms with Crippen LogP contribution in [0.5, 0.6) is 0 Å². The number of rotatable bonds is 1. The first-order valence-electron chi connectivity index (χ1n) is 4.43. The Morgan fingerprint density at radius 1 is 1.46 bits per heavy atom. The second kappa shape index (κ2) is 3.54. The fraction of sp³-hybridized carbons (Fsp3) is 0.455. The van der Waals surface area contributed by atoms with Gasteiger partial charge in [-0.05, 0) is 29.4 Å². The molecule has 0 aromatic carbocycles. The normalized spacial score (nSPS) is 13.4. The Balaban J connectivity index is 2.98. The third-order valence-electron chi connectivity index (χ3n) is 1.70. The summed E-state index contributed by atoms with van der Waals surface area (Å²) in [6.45, 7) is 8.70. The molecule has 1 nitrogen and oxygen atoms in total. The van der Waals surface area contributed by atoms with Crippen molar-refractivity contribution in [3.05, 3.63) is 22.4 Å². The standard InChI is InChI=1S/C11H17NS/c1-8(7-11(2,3)4)10-9(12)5-6-13-10/h5-7H,12H2,1-4H3/b8-7+. The smallest absolute Gasteiger partial charge is 0.0526 e. The van der Waals surface area contributed by atoms with E-state index in [1.807, 2.05) is 11.4 Å². The SMILES string of the molecule is C/C(=C\C(C)(C)C)c1sccc1N. The van der Waals surface area contributed by atoms with Crippen molar-refractivity contribution in [2.75, 3.05) is 5.73 Å². The van der Waals surface area contributed by atoms with Gasteiger partial charge in [0.25, 0.3) is 0 Å². The van der Waals surface area contributed by atoms with Gasteiger partial charge in [0.15, 0.2) is 0 Å². The first-order valence-corrected chi connectivity index (χ1v) is 5.31. The van der Waals surface area contributed by atoms with Gasteiger partial charge < -0.3 is 5.73 Å². The van der Waals surface area contributed by atoms with Crippen molar-refractivity contribution in [2.45, 2.75) is 27.7 Å². The van der Waals surface area contributed by atoms with Crippen molar-refractivity contribution < 1.29 is 0 Å². The Morgan fingerprint density at radius 3 is 2.46 bits per heavy atom. The van der Waals surface area contributed by atoms with Gasteiger partial charge in [-0.1, -0.05) is 26.8 Å². The van der Waals surface area contributed by atoms with E-state index in [4.69, 9.17) is 5.73 Å². The van der Waals surface area contributed by atoms with Crippen LogP contribution in [0.1, 0.15) is 32.6 Å². The maximum Gasteiger partial charge on any atom is 0.0526 e. The summed E-state index contributed by atoms with van der Waals surface area (Å²) >= 11 is 1.71. The zero-order valence-electron chi connectivity index (χ0n) is 8.72. The number of nitrogens with two attached hydrogens (primary N) is 1. The lowest BCUT2D eigenvalue weighted by Gasteiger charge is -2.13. The van der Waals surface area contributed by atoms with Crippen LogP contribution in [0.2, 0.25) is 0 Å². The molecule has 0 fully saturated rings. The van der Waals surface area contributed by atoms with Crippen LogP contribution in [0, 0.1) is 5.41 Å². The van der Waals surface area contributed by atoms with E-state index in [0.717, 1.165) is 5.69 Å². The molecule has 0 radical (unpaired) electrons. The lowest BCUT2D eigenvalue weighted by atomic mass is 9.93. The van der Waals surface area contributed by atoms with E-state index in [2.05, 4.69) is 33.8 Å². The van der Waals surface area contributed by atoms with Gasteiger partial charge in [0.05, 0.1) is 4.88 Å². The van der Waals surface area contributed by atoms with Crippen LogP contribution in [0.3, 0.4) is 0 Å². The predicted molar refractivity (Wildman–Crippen MR) is 61.8 cm³/mol. The fourth-order valence-electron chi connectivity index (χ4n) is 1.35. The van der Waals surface area contributed by atoms with Crippen LogP contribution >= 0.6 is 11.3 Å². The maximum atomic E-state index is 5.83. The maximum absolute atomic E-state index is 5.83. The Labute approximate surface area is 84.3 Å². The summed E-state index contributed by atoms with van der Waals surface area (Å²) in [7, 11) is 0. The summed E-state index contributed by atoms with van der Waals surface area (Å²) in [5, 5.41) is 2.03. The molecule has 0 unspecified atom stereocenters. The molecule has 0 aliphatic carbocycles. The highest BCUT2D eigenvalue weighted by Crippen LogP contribution is 2.30. The Morgan fingerprint density at radius 2 is 2.08 bits per heavy atom. The van der Waals surface area contributed by atoms with E-state index in [9.17, 15) is 0 Å². The van der Waals surface area contributed by atoms with E-state index in [0.29, 0.717) is 0 Å². The molecule has 0 saturated carbocycles. The van der Waals surface area contributed by atoms with Crippen LogP contribution < -0.4 is 5.73 Å². The van der Waals surface area contributed by atoms with Gasteiger partial charge in [0, 0.05) is 5.69 Å². The average molecular weight is 195 g/mol. The predicted octanol–water partition coefficient (Wildman–Crippen LogP) is 3.78. The lowest BCUT2D eigenvalue weighted by molar-refractivity contribution is 0.545. The molecule has 1 aromatic rings. The van der Waals surface area contributed by atoms with Gasteiger partial charge in [-0.2, -0.15) is 0 Å². The van der Waals surface area contributed by atoms with Crippen molar-refractivity contribution in [1.82, 2.24) is 0 Å². The molecular weight excluding hydrogens is 178 g/mol. The van der Waals surface area contributed by atoms with Crippen LogP contribution in [0.4, 0.5) is 5.69 Å². The molecule has 0 amide bonds. The molecule has 72 valence electrons. The summed E-state index contributed by atoms with van der Waals surface area (Å²) in [4.78, 5) is 1.20. The van der Waals surface area contributed by atoms with E-state index >= 15 is 0 Å². The quantitative estimate of drug-likeness (QED) is 0.725. The van der Waals surface area contributed by atoms with Crippen molar-refractivity contribution >= 4 is 22.6 Å². The van der Waals surface area contributed by atoms with Crippen LogP contribution in [0.25, 0.3) is 5.57 Å². The molecule has 0 bridgehead atoms. The lowest BCUT2D eigenvalue weighted by Crippen LogP contribution is -2.00. The molecule has 2 heteroatoms. The van der Waals surface area contributed by atoms with Crippen LogP contribution in [-0.2, 0) is 0 Å². The highest BCUT2D eigenvalue weighted by molar-refractivity contribution is 7.11. The van der Waals surface area contributed by atoms with Crippen molar-refractivity contribution in [2.24, 2.45) is 5.41 Å².